The third-order valence-corrected chi connectivity index (χ3v) is 5.36. The molecule has 0 unspecified atom stereocenters. The fourth-order valence-corrected chi connectivity index (χ4v) is 4.27. The lowest BCUT2D eigenvalue weighted by molar-refractivity contribution is 0.111. The Morgan fingerprint density at radius 3 is 2.58 bits per heavy atom. The quantitative estimate of drug-likeness (QED) is 0.241. The van der Waals surface area contributed by atoms with Crippen LogP contribution in [0.3, 0.4) is 0 Å². The van der Waals surface area contributed by atoms with Gasteiger partial charge in [0.1, 0.15) is 4.83 Å². The summed E-state index contributed by atoms with van der Waals surface area (Å²) in [5.74, 6) is 0. The number of hydrogen-bond donors (Lipinski definition) is 1. The molecule has 24 heavy (non-hydrogen) atoms. The van der Waals surface area contributed by atoms with Gasteiger partial charge in [-0.1, -0.05) is 41.0 Å². The summed E-state index contributed by atoms with van der Waals surface area (Å²) in [7, 11) is 0. The topological polar surface area (TPSA) is 54.1 Å². The van der Waals surface area contributed by atoms with Crippen LogP contribution in [0, 0.1) is 0 Å². The first-order valence-electron chi connectivity index (χ1n) is 7.19. The molecule has 0 bridgehead atoms. The number of thiazole rings is 1. The number of aldehydes is 1. The lowest BCUT2D eigenvalue weighted by Gasteiger charge is -2.03. The normalized spacial score (nSPS) is 11.7. The Morgan fingerprint density at radius 1 is 1.12 bits per heavy atom. The monoisotopic (exact) mass is 354 g/mol. The third kappa shape index (κ3) is 2.13. The van der Waals surface area contributed by atoms with Crippen LogP contribution in [0.15, 0.2) is 53.7 Å². The maximum Gasteiger partial charge on any atom is 0.167 e. The van der Waals surface area contributed by atoms with Crippen molar-refractivity contribution in [3.8, 4) is 11.1 Å². The van der Waals surface area contributed by atoms with Gasteiger partial charge in [0.2, 0.25) is 0 Å². The number of carbonyl (C=O) groups excluding carboxylic acids is 1. The van der Waals surface area contributed by atoms with Gasteiger partial charge < -0.3 is 5.21 Å². The maximum atomic E-state index is 11.9. The number of hydrogen-bond acceptors (Lipinski definition) is 4. The third-order valence-electron chi connectivity index (χ3n) is 3.94. The average molecular weight is 355 g/mol. The zero-order valence-corrected chi connectivity index (χ0v) is 13.9. The van der Waals surface area contributed by atoms with E-state index in [1.54, 1.807) is 23.5 Å². The van der Waals surface area contributed by atoms with Crippen molar-refractivity contribution in [2.24, 2.45) is 5.16 Å². The van der Waals surface area contributed by atoms with Crippen molar-refractivity contribution >= 4 is 50.5 Å². The Hall–Kier alpha value is -2.63. The first-order chi connectivity index (χ1) is 11.7. The van der Waals surface area contributed by atoms with Gasteiger partial charge in [0.25, 0.3) is 0 Å². The fraction of sp³-hybridized carbons (Fsp3) is 0. The van der Waals surface area contributed by atoms with Gasteiger partial charge in [0, 0.05) is 16.1 Å². The fourth-order valence-electron chi connectivity index (χ4n) is 2.97. The van der Waals surface area contributed by atoms with Crippen molar-refractivity contribution in [3.05, 3.63) is 64.8 Å². The van der Waals surface area contributed by atoms with E-state index >= 15 is 0 Å². The molecule has 4 aromatic rings. The summed E-state index contributed by atoms with van der Waals surface area (Å²) in [4.78, 5) is 12.8. The van der Waals surface area contributed by atoms with E-state index in [-0.39, 0.29) is 0 Å². The summed E-state index contributed by atoms with van der Waals surface area (Å²) in [6, 6.07) is 15.1. The Morgan fingerprint density at radius 2 is 1.88 bits per heavy atom. The molecule has 0 radical (unpaired) electrons. The lowest BCUT2D eigenvalue weighted by atomic mass is 10.0. The van der Waals surface area contributed by atoms with Crippen molar-refractivity contribution in [1.29, 1.82) is 0 Å². The number of para-hydroxylation sites is 1. The molecule has 6 heteroatoms. The minimum absolute atomic E-state index is 0.527. The van der Waals surface area contributed by atoms with Crippen molar-refractivity contribution in [2.45, 2.75) is 0 Å². The van der Waals surface area contributed by atoms with Crippen molar-refractivity contribution in [1.82, 2.24) is 4.40 Å². The molecule has 4 nitrogen and oxygen atoms in total. The number of rotatable bonds is 3. The number of aromatic nitrogens is 1. The van der Waals surface area contributed by atoms with Crippen LogP contribution in [0.25, 0.3) is 26.2 Å². The molecule has 118 valence electrons. The molecule has 2 heterocycles. The number of oxime groups is 1. The van der Waals surface area contributed by atoms with Crippen molar-refractivity contribution < 1.29 is 10.0 Å². The summed E-state index contributed by atoms with van der Waals surface area (Å²) in [5.41, 5.74) is 3.77. The van der Waals surface area contributed by atoms with Crippen LogP contribution in [0.4, 0.5) is 0 Å². The molecule has 0 amide bonds. The molecule has 2 aromatic heterocycles. The van der Waals surface area contributed by atoms with Crippen LogP contribution >= 0.6 is 22.9 Å². The first kappa shape index (κ1) is 14.9. The van der Waals surface area contributed by atoms with E-state index in [0.29, 0.717) is 16.3 Å². The number of nitrogens with zero attached hydrogens (tertiary/aromatic N) is 2. The Kier molecular flexibility index (Phi) is 3.59. The minimum Gasteiger partial charge on any atom is -0.411 e. The van der Waals surface area contributed by atoms with Crippen LogP contribution in [-0.2, 0) is 0 Å². The van der Waals surface area contributed by atoms with E-state index in [4.69, 9.17) is 16.8 Å². The zero-order chi connectivity index (χ0) is 16.7. The Bertz CT molecular complexity index is 1090. The van der Waals surface area contributed by atoms with E-state index in [1.807, 2.05) is 40.8 Å². The van der Waals surface area contributed by atoms with E-state index in [2.05, 4.69) is 5.16 Å². The van der Waals surface area contributed by atoms with Gasteiger partial charge in [-0.15, -0.1) is 11.3 Å². The molecular formula is C18H11ClN2O2S. The molecular weight excluding hydrogens is 344 g/mol. The highest BCUT2D eigenvalue weighted by Crippen LogP contribution is 2.38. The summed E-state index contributed by atoms with van der Waals surface area (Å²) in [6.07, 6.45) is 2.21. The molecule has 4 rings (SSSR count). The van der Waals surface area contributed by atoms with Crippen molar-refractivity contribution in [3.63, 3.8) is 0 Å². The molecule has 0 aliphatic rings. The van der Waals surface area contributed by atoms with Crippen molar-refractivity contribution in [2.75, 3.05) is 0 Å². The van der Waals surface area contributed by atoms with E-state index in [0.717, 1.165) is 32.5 Å². The largest absolute Gasteiger partial charge is 0.411 e. The van der Waals surface area contributed by atoms with Gasteiger partial charge >= 0.3 is 0 Å². The molecule has 2 aromatic carbocycles. The summed E-state index contributed by atoms with van der Waals surface area (Å²) >= 11 is 7.52. The molecule has 0 spiro atoms. The summed E-state index contributed by atoms with van der Waals surface area (Å²) in [6.45, 7) is 0. The molecule has 0 saturated carbocycles. The highest BCUT2D eigenvalue weighted by Gasteiger charge is 2.22. The molecule has 0 aliphatic carbocycles. The number of halogens is 1. The van der Waals surface area contributed by atoms with Crippen LogP contribution in [0.1, 0.15) is 16.1 Å². The lowest BCUT2D eigenvalue weighted by Crippen LogP contribution is -1.92. The van der Waals surface area contributed by atoms with Gasteiger partial charge in [0.05, 0.1) is 22.1 Å². The van der Waals surface area contributed by atoms with Crippen LogP contribution in [-0.4, -0.2) is 22.1 Å². The van der Waals surface area contributed by atoms with Gasteiger partial charge in [-0.25, -0.2) is 0 Å². The molecule has 1 N–H and O–H groups in total. The number of fused-ring (bicyclic) bond motifs is 3. The number of benzene rings is 2. The molecule has 0 fully saturated rings. The standard InChI is InChI=1S/C18H11ClN2O2S/c19-12-7-5-11(6-8-12)17-13(9-20-23)18-21(15(17)10-22)14-3-1-2-4-16(14)24-18/h1-10,23H/b20-9+. The SMILES string of the molecule is O=Cc1c(-c2ccc(Cl)cc2)c(/C=N/O)c2sc3ccccc3n12. The molecule has 0 saturated heterocycles. The highest BCUT2D eigenvalue weighted by molar-refractivity contribution is 7.24. The average Bonchev–Trinajstić information content (AvgIpc) is 3.11. The smallest absolute Gasteiger partial charge is 0.167 e. The first-order valence-corrected chi connectivity index (χ1v) is 8.38. The number of carbonyl (C=O) groups is 1. The Balaban J connectivity index is 2.17. The van der Waals surface area contributed by atoms with Gasteiger partial charge in [-0.3, -0.25) is 9.20 Å². The second-order valence-electron chi connectivity index (χ2n) is 5.25. The van der Waals surface area contributed by atoms with E-state index in [1.165, 1.54) is 6.21 Å². The Labute approximate surface area is 146 Å². The maximum absolute atomic E-state index is 11.9. The van der Waals surface area contributed by atoms with Crippen LogP contribution in [0.2, 0.25) is 5.02 Å². The molecule has 0 atom stereocenters. The second-order valence-corrected chi connectivity index (χ2v) is 6.72. The predicted octanol–water partition coefficient (Wildman–Crippen LogP) is 5.10. The van der Waals surface area contributed by atoms with Crippen LogP contribution in [0.5, 0.6) is 0 Å². The minimum atomic E-state index is 0.527. The highest BCUT2D eigenvalue weighted by atomic mass is 35.5. The van der Waals surface area contributed by atoms with E-state index < -0.39 is 0 Å². The van der Waals surface area contributed by atoms with Gasteiger partial charge in [0.15, 0.2) is 6.29 Å². The zero-order valence-electron chi connectivity index (χ0n) is 12.3. The van der Waals surface area contributed by atoms with Crippen LogP contribution < -0.4 is 0 Å². The van der Waals surface area contributed by atoms with E-state index in [9.17, 15) is 4.79 Å². The molecule has 0 aliphatic heterocycles. The predicted molar refractivity (Wildman–Crippen MR) is 98.0 cm³/mol. The summed E-state index contributed by atoms with van der Waals surface area (Å²) < 4.78 is 2.97. The second kappa shape index (κ2) is 5.78. The summed E-state index contributed by atoms with van der Waals surface area (Å²) in [5, 5.41) is 12.9. The van der Waals surface area contributed by atoms with Gasteiger partial charge in [-0.05, 0) is 29.8 Å². The van der Waals surface area contributed by atoms with Gasteiger partial charge in [-0.2, -0.15) is 0 Å².